The van der Waals surface area contributed by atoms with Crippen LogP contribution < -0.4 is 5.32 Å². The van der Waals surface area contributed by atoms with Crippen LogP contribution in [0.25, 0.3) is 11.2 Å². The number of aliphatic hydroxyl groups excluding tert-OH is 3. The van der Waals surface area contributed by atoms with E-state index in [0.29, 0.717) is 35.0 Å². The van der Waals surface area contributed by atoms with Crippen molar-refractivity contribution >= 4 is 40.2 Å². The third kappa shape index (κ3) is 3.40. The Morgan fingerprint density at radius 3 is 2.64 bits per heavy atom. The van der Waals surface area contributed by atoms with Crippen LogP contribution in [0.15, 0.2) is 24.3 Å². The predicted molar refractivity (Wildman–Crippen MR) is 103 cm³/mol. The fourth-order valence-corrected chi connectivity index (χ4v) is 3.86. The van der Waals surface area contributed by atoms with Gasteiger partial charge in [-0.25, -0.2) is 4.68 Å². The van der Waals surface area contributed by atoms with E-state index in [1.54, 1.807) is 6.07 Å². The maximum atomic E-state index is 10.4. The molecule has 28 heavy (non-hydrogen) atoms. The zero-order chi connectivity index (χ0) is 19.8. The molecule has 148 valence electrons. The molecule has 0 bridgehead atoms. The standard InChI is InChI=1S/C17H18Cl2N6O3/c18-10-4-2-1-3-8(10)6-20-15-12-16(22-17(19)21-15)25(24-23-12)11-5-9(7-26)13(27)14(11)28/h1-4,9,11,13-14,26-28H,5-7H2,(H,20,21,22)/t9-,11-,13-,14+/m1/s1. The minimum absolute atomic E-state index is 0.00977. The number of benzene rings is 1. The average molecular weight is 425 g/mol. The van der Waals surface area contributed by atoms with Gasteiger partial charge in [-0.15, -0.1) is 5.10 Å². The summed E-state index contributed by atoms with van der Waals surface area (Å²) in [7, 11) is 0. The normalized spacial score (nSPS) is 24.8. The Balaban J connectivity index is 1.66. The second kappa shape index (κ2) is 7.76. The van der Waals surface area contributed by atoms with Crippen LogP contribution in [0.1, 0.15) is 18.0 Å². The number of nitrogens with one attached hydrogen (secondary N) is 1. The number of nitrogens with zero attached hydrogens (tertiary/aromatic N) is 5. The maximum absolute atomic E-state index is 10.4. The Morgan fingerprint density at radius 1 is 1.14 bits per heavy atom. The second-order valence-electron chi connectivity index (χ2n) is 6.72. The summed E-state index contributed by atoms with van der Waals surface area (Å²) in [6.07, 6.45) is -1.82. The van der Waals surface area contributed by atoms with Crippen LogP contribution in [0.2, 0.25) is 10.3 Å². The van der Waals surface area contributed by atoms with Gasteiger partial charge in [0.15, 0.2) is 17.0 Å². The number of halogens is 2. The van der Waals surface area contributed by atoms with Gasteiger partial charge in [0.25, 0.3) is 0 Å². The predicted octanol–water partition coefficient (Wildman–Crippen LogP) is 1.42. The van der Waals surface area contributed by atoms with Crippen LogP contribution in [0.3, 0.4) is 0 Å². The van der Waals surface area contributed by atoms with Gasteiger partial charge in [-0.1, -0.05) is 35.0 Å². The van der Waals surface area contributed by atoms with Crippen LogP contribution in [0, 0.1) is 5.92 Å². The van der Waals surface area contributed by atoms with Gasteiger partial charge in [0.1, 0.15) is 6.10 Å². The molecule has 0 saturated heterocycles. The van der Waals surface area contributed by atoms with Crippen LogP contribution in [-0.2, 0) is 6.54 Å². The summed E-state index contributed by atoms with van der Waals surface area (Å²) < 4.78 is 1.42. The third-order valence-corrected chi connectivity index (χ3v) is 5.56. The number of aliphatic hydroxyl groups is 3. The van der Waals surface area contributed by atoms with E-state index in [0.717, 1.165) is 5.56 Å². The molecule has 0 aliphatic heterocycles. The van der Waals surface area contributed by atoms with Gasteiger partial charge in [0, 0.05) is 24.1 Å². The molecule has 4 rings (SSSR count). The van der Waals surface area contributed by atoms with Gasteiger partial charge in [-0.2, -0.15) is 9.97 Å². The number of anilines is 1. The molecule has 4 atom stereocenters. The van der Waals surface area contributed by atoms with E-state index in [4.69, 9.17) is 23.2 Å². The van der Waals surface area contributed by atoms with Gasteiger partial charge >= 0.3 is 0 Å². The minimum atomic E-state index is -1.10. The Kier molecular flexibility index (Phi) is 5.35. The van der Waals surface area contributed by atoms with Crippen molar-refractivity contribution in [3.05, 3.63) is 40.1 Å². The lowest BCUT2D eigenvalue weighted by atomic mass is 10.1. The molecule has 9 nitrogen and oxygen atoms in total. The summed E-state index contributed by atoms with van der Waals surface area (Å²) in [6.45, 7) is 0.161. The molecule has 11 heteroatoms. The van der Waals surface area contributed by atoms with E-state index in [-0.39, 0.29) is 11.9 Å². The summed E-state index contributed by atoms with van der Waals surface area (Å²) in [6, 6.07) is 6.82. The van der Waals surface area contributed by atoms with Crippen molar-refractivity contribution in [2.75, 3.05) is 11.9 Å². The third-order valence-electron chi connectivity index (χ3n) is 5.02. The van der Waals surface area contributed by atoms with Crippen molar-refractivity contribution in [1.82, 2.24) is 25.0 Å². The summed E-state index contributed by atoms with van der Waals surface area (Å²) in [5.41, 5.74) is 1.58. The summed E-state index contributed by atoms with van der Waals surface area (Å²) in [4.78, 5) is 8.38. The Morgan fingerprint density at radius 2 is 1.93 bits per heavy atom. The van der Waals surface area contributed by atoms with Crippen molar-refractivity contribution in [1.29, 1.82) is 0 Å². The van der Waals surface area contributed by atoms with E-state index in [1.165, 1.54) is 4.68 Å². The van der Waals surface area contributed by atoms with Gasteiger partial charge in [-0.3, -0.25) is 0 Å². The lowest BCUT2D eigenvalue weighted by molar-refractivity contribution is -0.00511. The molecule has 0 radical (unpaired) electrons. The number of rotatable bonds is 5. The molecule has 0 amide bonds. The van der Waals surface area contributed by atoms with Gasteiger partial charge < -0.3 is 20.6 Å². The van der Waals surface area contributed by atoms with Gasteiger partial charge in [-0.05, 0) is 29.7 Å². The molecule has 1 aliphatic carbocycles. The van der Waals surface area contributed by atoms with Crippen LogP contribution in [0.5, 0.6) is 0 Å². The monoisotopic (exact) mass is 424 g/mol. The van der Waals surface area contributed by atoms with Crippen molar-refractivity contribution in [3.8, 4) is 0 Å². The molecule has 4 N–H and O–H groups in total. The first kappa shape index (κ1) is 19.3. The summed E-state index contributed by atoms with van der Waals surface area (Å²) in [5, 5.41) is 41.8. The molecule has 1 aliphatic rings. The van der Waals surface area contributed by atoms with Gasteiger partial charge in [0.2, 0.25) is 5.28 Å². The average Bonchev–Trinajstić information content (AvgIpc) is 3.22. The molecular weight excluding hydrogens is 407 g/mol. The van der Waals surface area contributed by atoms with Crippen LogP contribution >= 0.6 is 23.2 Å². The molecule has 2 aromatic heterocycles. The van der Waals surface area contributed by atoms with Crippen molar-refractivity contribution < 1.29 is 15.3 Å². The van der Waals surface area contributed by atoms with Crippen LogP contribution in [-0.4, -0.2) is 59.1 Å². The fraction of sp³-hybridized carbons (Fsp3) is 0.412. The highest BCUT2D eigenvalue weighted by atomic mass is 35.5. The van der Waals surface area contributed by atoms with E-state index in [1.807, 2.05) is 18.2 Å². The summed E-state index contributed by atoms with van der Waals surface area (Å²) in [5.74, 6) is -0.0673. The first-order valence-corrected chi connectivity index (χ1v) is 9.48. The molecule has 0 spiro atoms. The Hall–Kier alpha value is -2.04. The van der Waals surface area contributed by atoms with Crippen molar-refractivity contribution in [3.63, 3.8) is 0 Å². The lowest BCUT2D eigenvalue weighted by Crippen LogP contribution is -2.30. The first-order valence-electron chi connectivity index (χ1n) is 8.72. The molecule has 0 unspecified atom stereocenters. The molecular formula is C17H18Cl2N6O3. The van der Waals surface area contributed by atoms with Crippen LogP contribution in [0.4, 0.5) is 5.82 Å². The number of aromatic nitrogens is 5. The van der Waals surface area contributed by atoms with E-state index < -0.39 is 24.2 Å². The number of fused-ring (bicyclic) bond motifs is 1. The first-order chi connectivity index (χ1) is 13.5. The zero-order valence-electron chi connectivity index (χ0n) is 14.6. The molecule has 1 fully saturated rings. The topological polar surface area (TPSA) is 129 Å². The molecule has 2 heterocycles. The highest BCUT2D eigenvalue weighted by Gasteiger charge is 2.43. The van der Waals surface area contributed by atoms with Crippen molar-refractivity contribution in [2.24, 2.45) is 5.92 Å². The molecule has 3 aromatic rings. The quantitative estimate of drug-likeness (QED) is 0.452. The summed E-state index contributed by atoms with van der Waals surface area (Å²) >= 11 is 12.3. The Labute approximate surface area is 169 Å². The van der Waals surface area contributed by atoms with E-state index in [9.17, 15) is 15.3 Å². The second-order valence-corrected chi connectivity index (χ2v) is 7.46. The number of hydrogen-bond acceptors (Lipinski definition) is 8. The number of hydrogen-bond donors (Lipinski definition) is 4. The molecule has 1 saturated carbocycles. The van der Waals surface area contributed by atoms with Crippen molar-refractivity contribution in [2.45, 2.75) is 31.2 Å². The fourth-order valence-electron chi connectivity index (χ4n) is 3.49. The molecule has 1 aromatic carbocycles. The van der Waals surface area contributed by atoms with E-state index >= 15 is 0 Å². The van der Waals surface area contributed by atoms with Gasteiger partial charge in [0.05, 0.1) is 12.1 Å². The zero-order valence-corrected chi connectivity index (χ0v) is 16.1. The maximum Gasteiger partial charge on any atom is 0.226 e. The van der Waals surface area contributed by atoms with E-state index in [2.05, 4.69) is 25.6 Å². The minimum Gasteiger partial charge on any atom is -0.396 e. The largest absolute Gasteiger partial charge is 0.396 e. The SMILES string of the molecule is OC[C@H]1C[C@@H](n2nnc3c(NCc4ccccc4Cl)nc(Cl)nc32)[C@H](O)[C@@H]1O. The Bertz CT molecular complexity index is 1000. The smallest absolute Gasteiger partial charge is 0.226 e. The highest BCUT2D eigenvalue weighted by Crippen LogP contribution is 2.36. The highest BCUT2D eigenvalue weighted by molar-refractivity contribution is 6.31. The lowest BCUT2D eigenvalue weighted by Gasteiger charge is -2.16.